The van der Waals surface area contributed by atoms with E-state index >= 15 is 0 Å². The molecule has 0 radical (unpaired) electrons. The van der Waals surface area contributed by atoms with Gasteiger partial charge in [0.05, 0.1) is 11.1 Å². The minimum atomic E-state index is -1.15. The molecule has 0 atom stereocenters. The number of nitrogens with one attached hydrogen (secondary N) is 1. The Bertz CT molecular complexity index is 420. The van der Waals surface area contributed by atoms with Crippen molar-refractivity contribution in [1.29, 1.82) is 0 Å². The minimum Gasteiger partial charge on any atom is -0.478 e. The molecule has 6 heteroatoms. The molecule has 0 spiro atoms. The van der Waals surface area contributed by atoms with E-state index < -0.39 is 11.9 Å². The summed E-state index contributed by atoms with van der Waals surface area (Å²) in [5.74, 6) is -1.79. The van der Waals surface area contributed by atoms with Crippen LogP contribution >= 0.6 is 0 Å². The normalized spacial score (nSPS) is 10.1. The second-order valence-electron chi connectivity index (χ2n) is 3.53. The van der Waals surface area contributed by atoms with Gasteiger partial charge >= 0.3 is 11.9 Å². The molecule has 4 N–H and O–H groups in total. The van der Waals surface area contributed by atoms with Crippen molar-refractivity contribution in [3.05, 3.63) is 35.4 Å². The minimum absolute atomic E-state index is 0.0579. The summed E-state index contributed by atoms with van der Waals surface area (Å²) < 4.78 is 4.96. The van der Waals surface area contributed by atoms with Gasteiger partial charge in [-0.3, -0.25) is 0 Å². The van der Waals surface area contributed by atoms with Crippen molar-refractivity contribution >= 4 is 11.9 Å². The van der Waals surface area contributed by atoms with Gasteiger partial charge < -0.3 is 20.9 Å². The van der Waals surface area contributed by atoms with Gasteiger partial charge in [0.15, 0.2) is 0 Å². The molecule has 0 saturated heterocycles. The average Bonchev–Trinajstić information content (AvgIpc) is 2.38. The molecule has 0 unspecified atom stereocenters. The van der Waals surface area contributed by atoms with Gasteiger partial charge in [-0.1, -0.05) is 12.1 Å². The maximum Gasteiger partial charge on any atom is 0.339 e. The number of carboxylic acids is 1. The standard InChI is InChI=1S/C12H16N2O4/c13-5-6-14-7-8-18-12(17)10-4-2-1-3-9(10)11(15)16/h1-4,14H,5-8,13H2,(H,15,16). The lowest BCUT2D eigenvalue weighted by atomic mass is 10.1. The van der Waals surface area contributed by atoms with E-state index in [1.807, 2.05) is 0 Å². The van der Waals surface area contributed by atoms with E-state index in [0.717, 1.165) is 0 Å². The fourth-order valence-corrected chi connectivity index (χ4v) is 1.37. The van der Waals surface area contributed by atoms with Crippen LogP contribution in [0.4, 0.5) is 0 Å². The van der Waals surface area contributed by atoms with E-state index in [9.17, 15) is 9.59 Å². The lowest BCUT2D eigenvalue weighted by Crippen LogP contribution is -2.27. The Kier molecular flexibility index (Phi) is 5.83. The summed E-state index contributed by atoms with van der Waals surface area (Å²) in [4.78, 5) is 22.6. The molecule has 18 heavy (non-hydrogen) atoms. The Balaban J connectivity index is 2.54. The maximum absolute atomic E-state index is 11.7. The van der Waals surface area contributed by atoms with Gasteiger partial charge in [0, 0.05) is 19.6 Å². The van der Waals surface area contributed by atoms with Crippen LogP contribution in [0, 0.1) is 0 Å². The SMILES string of the molecule is NCCNCCOC(=O)c1ccccc1C(=O)O. The summed E-state index contributed by atoms with van der Waals surface area (Å²) in [5, 5.41) is 11.9. The lowest BCUT2D eigenvalue weighted by molar-refractivity contribution is 0.0498. The highest BCUT2D eigenvalue weighted by atomic mass is 16.5. The zero-order valence-corrected chi connectivity index (χ0v) is 9.89. The Morgan fingerprint density at radius 3 is 2.50 bits per heavy atom. The van der Waals surface area contributed by atoms with E-state index in [-0.39, 0.29) is 17.7 Å². The van der Waals surface area contributed by atoms with Crippen molar-refractivity contribution in [3.63, 3.8) is 0 Å². The first-order valence-electron chi connectivity index (χ1n) is 5.57. The van der Waals surface area contributed by atoms with Crippen LogP contribution in [0.5, 0.6) is 0 Å². The molecular formula is C12H16N2O4. The summed E-state index contributed by atoms with van der Waals surface area (Å²) in [6.07, 6.45) is 0. The molecule has 1 aromatic rings. The zero-order valence-electron chi connectivity index (χ0n) is 9.89. The molecule has 98 valence electrons. The Hall–Kier alpha value is -1.92. The molecule has 0 aliphatic rings. The van der Waals surface area contributed by atoms with Crippen molar-refractivity contribution in [2.75, 3.05) is 26.2 Å². The topological polar surface area (TPSA) is 102 Å². The van der Waals surface area contributed by atoms with E-state index in [0.29, 0.717) is 19.6 Å². The average molecular weight is 252 g/mol. The Morgan fingerprint density at radius 2 is 1.89 bits per heavy atom. The summed E-state index contributed by atoms with van der Waals surface area (Å²) in [6.45, 7) is 1.81. The van der Waals surface area contributed by atoms with Crippen molar-refractivity contribution < 1.29 is 19.4 Å². The summed E-state index contributed by atoms with van der Waals surface area (Å²) in [5.41, 5.74) is 5.28. The highest BCUT2D eigenvalue weighted by Gasteiger charge is 2.16. The van der Waals surface area contributed by atoms with Crippen LogP contribution in [-0.2, 0) is 4.74 Å². The molecule has 6 nitrogen and oxygen atoms in total. The molecule has 0 heterocycles. The van der Waals surface area contributed by atoms with Crippen LogP contribution in [0.1, 0.15) is 20.7 Å². The van der Waals surface area contributed by atoms with Crippen molar-refractivity contribution in [2.45, 2.75) is 0 Å². The predicted octanol–water partition coefficient (Wildman–Crippen LogP) is 0.0899. The Morgan fingerprint density at radius 1 is 1.22 bits per heavy atom. The van der Waals surface area contributed by atoms with Crippen molar-refractivity contribution in [2.24, 2.45) is 5.73 Å². The van der Waals surface area contributed by atoms with Crippen LogP contribution in [0.25, 0.3) is 0 Å². The van der Waals surface area contributed by atoms with Gasteiger partial charge in [-0.25, -0.2) is 9.59 Å². The molecule has 1 rings (SSSR count). The Labute approximate surface area is 105 Å². The summed E-state index contributed by atoms with van der Waals surface area (Å²) in [6, 6.07) is 5.95. The first-order chi connectivity index (χ1) is 8.66. The third kappa shape index (κ3) is 4.15. The van der Waals surface area contributed by atoms with Gasteiger partial charge in [-0.05, 0) is 12.1 Å². The van der Waals surface area contributed by atoms with Crippen LogP contribution in [0.2, 0.25) is 0 Å². The largest absolute Gasteiger partial charge is 0.478 e. The number of carbonyl (C=O) groups is 2. The molecular weight excluding hydrogens is 236 g/mol. The first kappa shape index (κ1) is 14.1. The molecule has 0 bridgehead atoms. The van der Waals surface area contributed by atoms with E-state index in [2.05, 4.69) is 5.32 Å². The fourth-order valence-electron chi connectivity index (χ4n) is 1.37. The monoisotopic (exact) mass is 252 g/mol. The number of carboxylic acid groups (broad SMARTS) is 1. The van der Waals surface area contributed by atoms with Gasteiger partial charge in [-0.15, -0.1) is 0 Å². The molecule has 0 amide bonds. The molecule has 0 aromatic heterocycles. The number of carbonyl (C=O) groups excluding carboxylic acids is 1. The van der Waals surface area contributed by atoms with Gasteiger partial charge in [0.2, 0.25) is 0 Å². The van der Waals surface area contributed by atoms with Gasteiger partial charge in [-0.2, -0.15) is 0 Å². The van der Waals surface area contributed by atoms with E-state index in [4.69, 9.17) is 15.6 Å². The fraction of sp³-hybridized carbons (Fsp3) is 0.333. The lowest BCUT2D eigenvalue weighted by Gasteiger charge is -2.07. The number of benzene rings is 1. The first-order valence-corrected chi connectivity index (χ1v) is 5.57. The summed E-state index contributed by atoms with van der Waals surface area (Å²) in [7, 11) is 0. The predicted molar refractivity (Wildman–Crippen MR) is 65.6 cm³/mol. The second kappa shape index (κ2) is 7.41. The van der Waals surface area contributed by atoms with Crippen LogP contribution in [0.3, 0.4) is 0 Å². The smallest absolute Gasteiger partial charge is 0.339 e. The number of hydrogen-bond acceptors (Lipinski definition) is 5. The number of aromatic carboxylic acids is 1. The molecule has 1 aromatic carbocycles. The number of ether oxygens (including phenoxy) is 1. The van der Waals surface area contributed by atoms with Crippen LogP contribution in [-0.4, -0.2) is 43.3 Å². The van der Waals surface area contributed by atoms with Gasteiger partial charge in [0.1, 0.15) is 6.61 Å². The highest BCUT2D eigenvalue weighted by Crippen LogP contribution is 2.10. The number of nitrogens with two attached hydrogens (primary N) is 1. The third-order valence-electron chi connectivity index (χ3n) is 2.21. The highest BCUT2D eigenvalue weighted by molar-refractivity contribution is 6.02. The van der Waals surface area contributed by atoms with Crippen molar-refractivity contribution in [1.82, 2.24) is 5.32 Å². The molecule has 0 fully saturated rings. The third-order valence-corrected chi connectivity index (χ3v) is 2.21. The number of rotatable bonds is 7. The van der Waals surface area contributed by atoms with Crippen LogP contribution in [0.15, 0.2) is 24.3 Å². The maximum atomic E-state index is 11.7. The van der Waals surface area contributed by atoms with Gasteiger partial charge in [0.25, 0.3) is 0 Å². The van der Waals surface area contributed by atoms with E-state index in [1.54, 1.807) is 12.1 Å². The molecule has 0 aliphatic carbocycles. The summed E-state index contributed by atoms with van der Waals surface area (Å²) >= 11 is 0. The van der Waals surface area contributed by atoms with Crippen molar-refractivity contribution in [3.8, 4) is 0 Å². The molecule has 0 saturated carbocycles. The number of hydrogen-bond donors (Lipinski definition) is 3. The quantitative estimate of drug-likeness (QED) is 0.469. The van der Waals surface area contributed by atoms with Crippen LogP contribution < -0.4 is 11.1 Å². The zero-order chi connectivity index (χ0) is 13.4. The number of esters is 1. The molecule has 0 aliphatic heterocycles. The van der Waals surface area contributed by atoms with E-state index in [1.165, 1.54) is 12.1 Å². The second-order valence-corrected chi connectivity index (χ2v) is 3.53.